The molecule has 9 nitrogen and oxygen atoms in total. The van der Waals surface area contributed by atoms with Gasteiger partial charge in [-0.15, -0.1) is 11.3 Å². The molecular formula is C23H31N5O4S. The van der Waals surface area contributed by atoms with Gasteiger partial charge in [-0.3, -0.25) is 14.4 Å². The molecule has 1 aromatic heterocycles. The number of piperazine rings is 1. The number of benzene rings is 1. The molecule has 3 atom stereocenters. The van der Waals surface area contributed by atoms with Gasteiger partial charge in [0, 0.05) is 17.8 Å². The Labute approximate surface area is 197 Å². The minimum Gasteiger partial charge on any atom is -0.336 e. The highest BCUT2D eigenvalue weighted by atomic mass is 32.1. The number of amides is 4. The number of hydrogen-bond acceptors (Lipinski definition) is 6. The normalized spacial score (nSPS) is 23.2. The molecule has 33 heavy (non-hydrogen) atoms. The van der Waals surface area contributed by atoms with Gasteiger partial charge >= 0.3 is 6.03 Å². The summed E-state index contributed by atoms with van der Waals surface area (Å²) < 4.78 is 1.16. The molecule has 2 aliphatic heterocycles. The highest BCUT2D eigenvalue weighted by Crippen LogP contribution is 2.34. The summed E-state index contributed by atoms with van der Waals surface area (Å²) in [7, 11) is 0. The Bertz CT molecular complexity index is 1030. The maximum Gasteiger partial charge on any atom is 0.343 e. The Morgan fingerprint density at radius 3 is 2.82 bits per heavy atom. The third-order valence-corrected chi connectivity index (χ3v) is 7.34. The van der Waals surface area contributed by atoms with Crippen LogP contribution in [0, 0.1) is 0 Å². The van der Waals surface area contributed by atoms with Gasteiger partial charge in [0.25, 0.3) is 5.91 Å². The van der Waals surface area contributed by atoms with Crippen molar-refractivity contribution in [2.24, 2.45) is 5.73 Å². The van der Waals surface area contributed by atoms with Gasteiger partial charge in [0.15, 0.2) is 12.8 Å². The van der Waals surface area contributed by atoms with Crippen molar-refractivity contribution in [2.45, 2.75) is 57.9 Å². The molecule has 3 heterocycles. The molecule has 0 saturated carbocycles. The first-order chi connectivity index (χ1) is 16.0. The van der Waals surface area contributed by atoms with Crippen molar-refractivity contribution in [3.05, 3.63) is 35.2 Å². The highest BCUT2D eigenvalue weighted by Gasteiger charge is 2.53. The largest absolute Gasteiger partial charge is 0.343 e. The molecule has 0 unspecified atom stereocenters. The number of hydrogen-bond donors (Lipinski definition) is 2. The summed E-state index contributed by atoms with van der Waals surface area (Å²) in [4.78, 5) is 48.4. The molecule has 178 valence electrons. The number of nitrogens with two attached hydrogens (primary N) is 1. The van der Waals surface area contributed by atoms with Crippen LogP contribution in [0.25, 0.3) is 10.1 Å². The average molecular weight is 474 g/mol. The summed E-state index contributed by atoms with van der Waals surface area (Å²) in [5.41, 5.74) is 6.72. The van der Waals surface area contributed by atoms with Gasteiger partial charge in [-0.1, -0.05) is 18.2 Å². The quantitative estimate of drug-likeness (QED) is 0.600. The lowest BCUT2D eigenvalue weighted by Gasteiger charge is -2.54. The third kappa shape index (κ3) is 4.42. The molecule has 1 aromatic carbocycles. The Morgan fingerprint density at radius 1 is 1.27 bits per heavy atom. The second-order valence-corrected chi connectivity index (χ2v) is 9.32. The van der Waals surface area contributed by atoms with Gasteiger partial charge in [-0.05, 0) is 62.1 Å². The Hall–Kier alpha value is -2.69. The number of fused-ring (bicyclic) bond motifs is 2. The first-order valence-corrected chi connectivity index (χ1v) is 12.3. The van der Waals surface area contributed by atoms with E-state index < -0.39 is 24.3 Å². The lowest BCUT2D eigenvalue weighted by molar-refractivity contribution is -0.246. The van der Waals surface area contributed by atoms with Crippen molar-refractivity contribution in [1.82, 2.24) is 20.2 Å². The van der Waals surface area contributed by atoms with Crippen molar-refractivity contribution in [2.75, 3.05) is 19.7 Å². The van der Waals surface area contributed by atoms with Gasteiger partial charge in [-0.25, -0.2) is 4.79 Å². The molecule has 2 fully saturated rings. The first kappa shape index (κ1) is 23.5. The van der Waals surface area contributed by atoms with Gasteiger partial charge in [0.2, 0.25) is 5.91 Å². The summed E-state index contributed by atoms with van der Waals surface area (Å²) in [5.74, 6) is -0.378. The van der Waals surface area contributed by atoms with Crippen molar-refractivity contribution in [3.63, 3.8) is 0 Å². The minimum absolute atomic E-state index is 0.0999. The molecule has 4 rings (SSSR count). The summed E-state index contributed by atoms with van der Waals surface area (Å²) in [6.07, 6.45) is 1.27. The number of hydroxylamine groups is 2. The van der Waals surface area contributed by atoms with E-state index in [4.69, 9.17) is 10.6 Å². The molecule has 3 N–H and O–H groups in total. The van der Waals surface area contributed by atoms with Crippen LogP contribution in [0.4, 0.5) is 4.79 Å². The number of carbonyl (C=O) groups is 3. The Morgan fingerprint density at radius 2 is 2.06 bits per heavy atom. The van der Waals surface area contributed by atoms with Crippen LogP contribution < -0.4 is 11.1 Å². The van der Waals surface area contributed by atoms with E-state index >= 15 is 0 Å². The first-order valence-electron chi connectivity index (χ1n) is 11.4. The van der Waals surface area contributed by atoms with E-state index in [-0.39, 0.29) is 18.4 Å². The fourth-order valence-electron chi connectivity index (χ4n) is 4.71. The molecule has 0 spiro atoms. The predicted octanol–water partition coefficient (Wildman–Crippen LogP) is 2.26. The van der Waals surface area contributed by atoms with Crippen LogP contribution in [0.1, 0.15) is 38.7 Å². The van der Waals surface area contributed by atoms with Crippen molar-refractivity contribution < 1.29 is 19.2 Å². The van der Waals surface area contributed by atoms with Gasteiger partial charge in [-0.2, -0.15) is 5.06 Å². The lowest BCUT2D eigenvalue weighted by Crippen LogP contribution is -2.75. The number of nitrogens with zero attached hydrogens (tertiary/aromatic N) is 3. The molecule has 0 aliphatic carbocycles. The fourth-order valence-corrected chi connectivity index (χ4v) is 5.66. The molecule has 2 saturated heterocycles. The second kappa shape index (κ2) is 10.1. The fraction of sp³-hybridized carbons (Fsp3) is 0.522. The SMILES string of the molecule is CCNC(=O)N1OCC(=O)N2[C@@H]1[C@H](C)N(Cc1csc3ccccc13)C(=O)[C@@H]2CCCCN. The van der Waals surface area contributed by atoms with Crippen LogP contribution in [0.5, 0.6) is 0 Å². The van der Waals surface area contributed by atoms with Crippen molar-refractivity contribution >= 4 is 39.3 Å². The van der Waals surface area contributed by atoms with Crippen LogP contribution in [0.15, 0.2) is 29.6 Å². The van der Waals surface area contributed by atoms with E-state index in [0.717, 1.165) is 28.5 Å². The number of unbranched alkanes of at least 4 members (excludes halogenated alkanes) is 1. The number of nitrogens with one attached hydrogen (secondary N) is 1. The number of carbonyl (C=O) groups excluding carboxylic acids is 3. The standard InChI is InChI=1S/C23H31N5O4S/c1-3-25-23(31)28-21-15(2)26(12-16-14-33-19-10-5-4-8-17(16)19)22(30)18(9-6-7-11-24)27(21)20(29)13-32-28/h4-5,8,10,14-15,18,21H,3,6-7,9,11-13,24H2,1-2H3,(H,25,31)/t15-,18-,21-/m0/s1. The minimum atomic E-state index is -0.705. The predicted molar refractivity (Wildman–Crippen MR) is 126 cm³/mol. The Kier molecular flexibility index (Phi) is 7.16. The van der Waals surface area contributed by atoms with Crippen LogP contribution in [-0.4, -0.2) is 70.7 Å². The topological polar surface area (TPSA) is 108 Å². The van der Waals surface area contributed by atoms with E-state index in [1.54, 1.807) is 21.1 Å². The summed E-state index contributed by atoms with van der Waals surface area (Å²) >= 11 is 1.64. The monoisotopic (exact) mass is 473 g/mol. The number of thiophene rings is 1. The smallest absolute Gasteiger partial charge is 0.336 e. The van der Waals surface area contributed by atoms with Crippen LogP contribution in [-0.2, 0) is 21.0 Å². The van der Waals surface area contributed by atoms with Crippen LogP contribution >= 0.6 is 11.3 Å². The molecule has 2 aliphatic rings. The number of urea groups is 1. The van der Waals surface area contributed by atoms with Crippen LogP contribution in [0.3, 0.4) is 0 Å². The van der Waals surface area contributed by atoms with Gasteiger partial charge < -0.3 is 20.9 Å². The van der Waals surface area contributed by atoms with E-state index in [2.05, 4.69) is 22.8 Å². The van der Waals surface area contributed by atoms with Crippen molar-refractivity contribution in [1.29, 1.82) is 0 Å². The maximum absolute atomic E-state index is 13.7. The van der Waals surface area contributed by atoms with E-state index in [1.807, 2.05) is 26.0 Å². The molecule has 10 heteroatoms. The zero-order valence-corrected chi connectivity index (χ0v) is 19.8. The van der Waals surface area contributed by atoms with Crippen LogP contribution in [0.2, 0.25) is 0 Å². The van der Waals surface area contributed by atoms with E-state index in [9.17, 15) is 14.4 Å². The van der Waals surface area contributed by atoms with E-state index in [0.29, 0.717) is 26.1 Å². The molecule has 2 aromatic rings. The molecular weight excluding hydrogens is 442 g/mol. The highest BCUT2D eigenvalue weighted by molar-refractivity contribution is 7.17. The summed E-state index contributed by atoms with van der Waals surface area (Å²) in [6, 6.07) is 6.58. The Balaban J connectivity index is 1.69. The summed E-state index contributed by atoms with van der Waals surface area (Å²) in [5, 5.41) is 7.17. The molecule has 0 radical (unpaired) electrons. The second-order valence-electron chi connectivity index (χ2n) is 8.41. The van der Waals surface area contributed by atoms with Gasteiger partial charge in [0.1, 0.15) is 6.04 Å². The number of rotatable bonds is 7. The lowest BCUT2D eigenvalue weighted by atomic mass is 9.96. The van der Waals surface area contributed by atoms with E-state index in [1.165, 1.54) is 5.06 Å². The maximum atomic E-state index is 13.7. The third-order valence-electron chi connectivity index (χ3n) is 6.33. The molecule has 0 bridgehead atoms. The average Bonchev–Trinajstić information content (AvgIpc) is 3.22. The summed E-state index contributed by atoms with van der Waals surface area (Å²) in [6.45, 7) is 4.77. The molecule has 4 amide bonds. The zero-order valence-electron chi connectivity index (χ0n) is 19.0. The zero-order chi connectivity index (χ0) is 23.5. The van der Waals surface area contributed by atoms with Gasteiger partial charge in [0.05, 0.1) is 6.04 Å². The van der Waals surface area contributed by atoms with Crippen molar-refractivity contribution in [3.8, 4) is 0 Å².